The predicted octanol–water partition coefficient (Wildman–Crippen LogP) is 2.84. The number of hydrogen-bond donors (Lipinski definition) is 0. The van der Waals surface area contributed by atoms with Crippen LogP contribution in [0.1, 0.15) is 52.9 Å². The third-order valence-corrected chi connectivity index (χ3v) is 5.09. The maximum absolute atomic E-state index is 11.9. The van der Waals surface area contributed by atoms with Crippen LogP contribution in [0.4, 0.5) is 0 Å². The maximum atomic E-state index is 11.9. The number of aromatic nitrogens is 1. The van der Waals surface area contributed by atoms with Gasteiger partial charge >= 0.3 is 0 Å². The van der Waals surface area contributed by atoms with Gasteiger partial charge in [-0.25, -0.2) is 13.4 Å². The highest BCUT2D eigenvalue weighted by Gasteiger charge is 2.19. The molecule has 0 fully saturated rings. The molecule has 0 radical (unpaired) electrons. The summed E-state index contributed by atoms with van der Waals surface area (Å²) < 4.78 is 31.0. The van der Waals surface area contributed by atoms with Crippen molar-refractivity contribution in [2.75, 3.05) is 0 Å². The normalized spacial score (nSPS) is 16.3. The summed E-state index contributed by atoms with van der Waals surface area (Å²) in [6, 6.07) is 5.33. The van der Waals surface area contributed by atoms with E-state index in [2.05, 4.69) is 13.8 Å². The van der Waals surface area contributed by atoms with Gasteiger partial charge in [-0.05, 0) is 53.7 Å². The molecular weight excluding hydrogens is 318 g/mol. The van der Waals surface area contributed by atoms with E-state index in [0.29, 0.717) is 11.4 Å². The van der Waals surface area contributed by atoms with E-state index in [-0.39, 0.29) is 0 Å². The van der Waals surface area contributed by atoms with Crippen molar-refractivity contribution in [2.24, 2.45) is 8.80 Å². The minimum Gasteiger partial charge on any atom is -0.246 e. The molecule has 0 amide bonds. The van der Waals surface area contributed by atoms with E-state index in [1.54, 1.807) is 18.2 Å². The first-order chi connectivity index (χ1) is 10.00. The van der Waals surface area contributed by atoms with Crippen LogP contribution in [0, 0.1) is 0 Å². The average molecular weight is 342 g/mol. The molecule has 5 nitrogen and oxygen atoms in total. The lowest BCUT2D eigenvalue weighted by molar-refractivity contribution is 0.650. The van der Waals surface area contributed by atoms with Crippen LogP contribution in [-0.4, -0.2) is 35.3 Å². The fourth-order valence-corrected chi connectivity index (χ4v) is 2.17. The Hall–Kier alpha value is -1.21. The highest BCUT2D eigenvalue weighted by atomic mass is 32.2. The monoisotopic (exact) mass is 341 g/mol. The Bertz CT molecular complexity index is 575. The highest BCUT2D eigenvalue weighted by molar-refractivity contribution is 7.85. The molecule has 1 rings (SSSR count). The summed E-state index contributed by atoms with van der Waals surface area (Å²) in [6.07, 6.45) is 2.97. The average Bonchev–Trinajstić information content (AvgIpc) is 2.40. The molecule has 0 spiro atoms. The molecule has 0 saturated heterocycles. The number of rotatable bonds is 4. The SMILES string of the molecule is CC(C)(C)S(=O)/N=C/c1cccc(/C=N/S(=O)C(C)(C)C)n1. The zero-order chi connectivity index (χ0) is 17.0. The molecule has 1 aromatic heterocycles. The van der Waals surface area contributed by atoms with Crippen molar-refractivity contribution in [2.45, 2.75) is 51.0 Å². The van der Waals surface area contributed by atoms with E-state index < -0.39 is 31.5 Å². The number of nitrogens with zero attached hydrogens (tertiary/aromatic N) is 3. The van der Waals surface area contributed by atoms with E-state index in [4.69, 9.17) is 0 Å². The van der Waals surface area contributed by atoms with E-state index >= 15 is 0 Å². The molecule has 0 bridgehead atoms. The maximum Gasteiger partial charge on any atom is 0.144 e. The lowest BCUT2D eigenvalue weighted by Crippen LogP contribution is -2.20. The fourth-order valence-electron chi connectivity index (χ4n) is 1.13. The van der Waals surface area contributed by atoms with Crippen molar-refractivity contribution >= 4 is 34.4 Å². The first-order valence-corrected chi connectivity index (χ1v) is 9.11. The van der Waals surface area contributed by atoms with Gasteiger partial charge in [-0.1, -0.05) is 6.07 Å². The highest BCUT2D eigenvalue weighted by Crippen LogP contribution is 2.13. The number of pyridine rings is 1. The zero-order valence-corrected chi connectivity index (χ0v) is 15.5. The van der Waals surface area contributed by atoms with Gasteiger partial charge in [-0.15, -0.1) is 0 Å². The first kappa shape index (κ1) is 18.8. The van der Waals surface area contributed by atoms with Gasteiger partial charge in [0.1, 0.15) is 22.0 Å². The van der Waals surface area contributed by atoms with Crippen LogP contribution in [0.2, 0.25) is 0 Å². The van der Waals surface area contributed by atoms with Crippen molar-refractivity contribution in [1.82, 2.24) is 4.98 Å². The first-order valence-electron chi connectivity index (χ1n) is 6.89. The van der Waals surface area contributed by atoms with Crippen LogP contribution in [-0.2, 0) is 22.0 Å². The molecule has 0 aliphatic heterocycles. The second kappa shape index (κ2) is 7.37. The molecule has 0 N–H and O–H groups in total. The van der Waals surface area contributed by atoms with Crippen LogP contribution in [0.25, 0.3) is 0 Å². The van der Waals surface area contributed by atoms with Gasteiger partial charge in [0, 0.05) is 0 Å². The van der Waals surface area contributed by atoms with Gasteiger partial charge in [0.2, 0.25) is 0 Å². The van der Waals surface area contributed by atoms with Crippen molar-refractivity contribution in [3.05, 3.63) is 29.6 Å². The number of hydrogen-bond acceptors (Lipinski definition) is 3. The van der Waals surface area contributed by atoms with Crippen LogP contribution in [0.15, 0.2) is 27.0 Å². The van der Waals surface area contributed by atoms with Gasteiger partial charge in [-0.3, -0.25) is 0 Å². The Labute approximate surface area is 137 Å². The fraction of sp³-hybridized carbons (Fsp3) is 0.533. The van der Waals surface area contributed by atoms with E-state index in [9.17, 15) is 8.42 Å². The van der Waals surface area contributed by atoms with Crippen LogP contribution >= 0.6 is 0 Å². The molecular formula is C15H23N3O2S2. The van der Waals surface area contributed by atoms with Gasteiger partial charge in [0.05, 0.1) is 33.3 Å². The predicted molar refractivity (Wildman–Crippen MR) is 95.2 cm³/mol. The molecule has 7 heteroatoms. The van der Waals surface area contributed by atoms with Crippen LogP contribution < -0.4 is 0 Å². The Morgan fingerprint density at radius 3 is 1.55 bits per heavy atom. The van der Waals surface area contributed by atoms with Gasteiger partial charge in [0.15, 0.2) is 0 Å². The summed E-state index contributed by atoms with van der Waals surface area (Å²) in [7, 11) is -2.64. The molecule has 2 atom stereocenters. The van der Waals surface area contributed by atoms with Crippen LogP contribution in [0.3, 0.4) is 0 Å². The van der Waals surface area contributed by atoms with E-state index in [0.717, 1.165) is 0 Å². The summed E-state index contributed by atoms with van der Waals surface area (Å²) >= 11 is 0. The molecule has 122 valence electrons. The minimum atomic E-state index is -1.32. The van der Waals surface area contributed by atoms with Crippen LogP contribution in [0.5, 0.6) is 0 Å². The molecule has 0 aromatic carbocycles. The topological polar surface area (TPSA) is 71.8 Å². The quantitative estimate of drug-likeness (QED) is 0.791. The van der Waals surface area contributed by atoms with Crippen molar-refractivity contribution in [3.63, 3.8) is 0 Å². The molecule has 1 aromatic rings. The molecule has 22 heavy (non-hydrogen) atoms. The lowest BCUT2D eigenvalue weighted by atomic mass is 10.3. The van der Waals surface area contributed by atoms with E-state index in [1.165, 1.54) is 12.4 Å². The summed E-state index contributed by atoms with van der Waals surface area (Å²) in [5, 5.41) is 0. The third kappa shape index (κ3) is 6.27. The molecule has 0 saturated carbocycles. The van der Waals surface area contributed by atoms with E-state index in [1.807, 2.05) is 41.5 Å². The Morgan fingerprint density at radius 1 is 0.864 bits per heavy atom. The van der Waals surface area contributed by atoms with Gasteiger partial charge in [-0.2, -0.15) is 8.80 Å². The summed E-state index contributed by atoms with van der Waals surface area (Å²) in [5.41, 5.74) is 1.17. The van der Waals surface area contributed by atoms with Gasteiger partial charge in [0.25, 0.3) is 0 Å². The smallest absolute Gasteiger partial charge is 0.144 e. The second-order valence-corrected chi connectivity index (χ2v) is 10.5. The zero-order valence-electron chi connectivity index (χ0n) is 13.9. The Morgan fingerprint density at radius 2 is 1.23 bits per heavy atom. The summed E-state index contributed by atoms with van der Waals surface area (Å²) in [5.74, 6) is 0. The van der Waals surface area contributed by atoms with Crippen molar-refractivity contribution < 1.29 is 8.42 Å². The third-order valence-electron chi connectivity index (χ3n) is 2.40. The standard InChI is InChI=1S/C15H23N3O2S2/c1-14(2,3)21(19)16-10-12-8-7-9-13(18-12)11-17-22(20)15(4,5)6/h7-11H,1-6H3/b16-10+,17-11+. The largest absolute Gasteiger partial charge is 0.246 e. The molecule has 0 aliphatic rings. The Kier molecular flexibility index (Phi) is 6.31. The van der Waals surface area contributed by atoms with Crippen molar-refractivity contribution in [3.8, 4) is 0 Å². The van der Waals surface area contributed by atoms with Crippen molar-refractivity contribution in [1.29, 1.82) is 0 Å². The molecule has 1 heterocycles. The minimum absolute atomic E-state index is 0.404. The second-order valence-electron chi connectivity index (χ2n) is 6.68. The summed E-state index contributed by atoms with van der Waals surface area (Å²) in [6.45, 7) is 11.2. The molecule has 0 aliphatic carbocycles. The Balaban J connectivity index is 2.88. The van der Waals surface area contributed by atoms with Gasteiger partial charge < -0.3 is 0 Å². The lowest BCUT2D eigenvalue weighted by Gasteiger charge is -2.12. The molecule has 2 unspecified atom stereocenters. The summed E-state index contributed by atoms with van der Waals surface area (Å²) in [4.78, 5) is 4.31.